The van der Waals surface area contributed by atoms with Gasteiger partial charge in [-0.05, 0) is 5.41 Å². The van der Waals surface area contributed by atoms with Gasteiger partial charge in [-0.3, -0.25) is 4.79 Å². The Kier molecular flexibility index (Phi) is 8.41. The average Bonchev–Trinajstić information content (AvgIpc) is 2.63. The lowest BCUT2D eigenvalue weighted by Crippen LogP contribution is -2.35. The molecule has 0 bridgehead atoms. The van der Waals surface area contributed by atoms with Crippen LogP contribution in [0.15, 0.2) is 43.0 Å². The molecule has 1 unspecified atom stereocenters. The Morgan fingerprint density at radius 2 is 1.79 bits per heavy atom. The van der Waals surface area contributed by atoms with Crippen LogP contribution in [0.3, 0.4) is 0 Å². The largest absolute Gasteiger partial charge is 0.459 e. The Hall–Kier alpha value is -1.94. The minimum atomic E-state index is -0.815. The number of carbonyl (C=O) groups is 2. The Morgan fingerprint density at radius 1 is 1.17 bits per heavy atom. The van der Waals surface area contributed by atoms with Gasteiger partial charge in [0.1, 0.15) is 0 Å². The molecule has 24 heavy (non-hydrogen) atoms. The normalized spacial score (nSPS) is 12.5. The second-order valence-corrected chi connectivity index (χ2v) is 6.18. The van der Waals surface area contributed by atoms with Crippen LogP contribution in [0.2, 0.25) is 0 Å². The van der Waals surface area contributed by atoms with Crippen LogP contribution in [-0.2, 0) is 14.3 Å². The monoisotopic (exact) mass is 332 g/mol. The van der Waals surface area contributed by atoms with E-state index in [4.69, 9.17) is 9.47 Å². The molecule has 132 valence electrons. The third kappa shape index (κ3) is 5.60. The van der Waals surface area contributed by atoms with Gasteiger partial charge in [-0.15, -0.1) is 6.58 Å². The highest BCUT2D eigenvalue weighted by Gasteiger charge is 2.33. The van der Waals surface area contributed by atoms with Crippen LogP contribution in [0.5, 0.6) is 0 Å². The van der Waals surface area contributed by atoms with Crippen molar-refractivity contribution in [3.05, 3.63) is 48.6 Å². The number of esters is 1. The number of Topliss-reactive ketones (excluding diaryl/α,β-unsaturated/α-hetero) is 1. The van der Waals surface area contributed by atoms with E-state index in [9.17, 15) is 9.59 Å². The molecule has 4 nitrogen and oxygen atoms in total. The van der Waals surface area contributed by atoms with E-state index in [1.54, 1.807) is 36.4 Å². The van der Waals surface area contributed by atoms with Crippen molar-refractivity contribution in [2.24, 2.45) is 11.3 Å². The predicted octanol–water partition coefficient (Wildman–Crippen LogP) is 4.06. The number of carbonyl (C=O) groups excluding carboxylic acids is 2. The molecule has 0 heterocycles. The number of ether oxygens (including phenoxy) is 2. The van der Waals surface area contributed by atoms with Gasteiger partial charge in [0.15, 0.2) is 0 Å². The molecule has 1 rings (SSSR count). The van der Waals surface area contributed by atoms with Crippen molar-refractivity contribution in [1.29, 1.82) is 0 Å². The summed E-state index contributed by atoms with van der Waals surface area (Å²) in [4.78, 5) is 24.1. The van der Waals surface area contributed by atoms with Gasteiger partial charge in [-0.2, -0.15) is 0 Å². The van der Waals surface area contributed by atoms with Crippen molar-refractivity contribution in [1.82, 2.24) is 0 Å². The first-order valence-corrected chi connectivity index (χ1v) is 8.43. The van der Waals surface area contributed by atoms with Crippen molar-refractivity contribution in [3.8, 4) is 0 Å². The maximum Gasteiger partial charge on any atom is 0.379 e. The second-order valence-electron chi connectivity index (χ2n) is 6.18. The molecular formula is C20H28O4. The Bertz CT molecular complexity index is 532. The number of rotatable bonds is 11. The topological polar surface area (TPSA) is 52.6 Å². The quantitative estimate of drug-likeness (QED) is 0.202. The third-order valence-electron chi connectivity index (χ3n) is 4.79. The molecule has 4 heteroatoms. The first-order valence-electron chi connectivity index (χ1n) is 8.43. The zero-order valence-corrected chi connectivity index (χ0v) is 14.9. The van der Waals surface area contributed by atoms with Crippen LogP contribution >= 0.6 is 0 Å². The molecule has 0 saturated carbocycles. The summed E-state index contributed by atoms with van der Waals surface area (Å²) >= 11 is 0. The number of ketones is 1. The molecule has 0 aliphatic carbocycles. The fraction of sp³-hybridized carbons (Fsp3) is 0.500. The van der Waals surface area contributed by atoms with Gasteiger partial charge in [0.05, 0.1) is 19.8 Å². The molecule has 0 spiro atoms. The molecule has 0 N–H and O–H groups in total. The molecule has 1 aromatic carbocycles. The van der Waals surface area contributed by atoms with E-state index in [2.05, 4.69) is 27.4 Å². The first-order chi connectivity index (χ1) is 11.5. The molecule has 0 radical (unpaired) electrons. The van der Waals surface area contributed by atoms with Crippen LogP contribution in [0.25, 0.3) is 0 Å². The third-order valence-corrected chi connectivity index (χ3v) is 4.79. The molecule has 0 aliphatic heterocycles. The fourth-order valence-corrected chi connectivity index (χ4v) is 2.52. The number of benzene rings is 1. The summed E-state index contributed by atoms with van der Waals surface area (Å²) in [5, 5.41) is 0. The van der Waals surface area contributed by atoms with E-state index >= 15 is 0 Å². The zero-order chi connectivity index (χ0) is 18.0. The maximum absolute atomic E-state index is 12.1. The maximum atomic E-state index is 12.1. The SMILES string of the molecule is C=CCOCC(COC(=O)C(=O)c1ccccc1)C(C)(CC)CC. The van der Waals surface area contributed by atoms with Crippen LogP contribution in [-0.4, -0.2) is 31.6 Å². The summed E-state index contributed by atoms with van der Waals surface area (Å²) in [7, 11) is 0. The Labute approximate surface area is 144 Å². The molecule has 0 saturated heterocycles. The van der Waals surface area contributed by atoms with Crippen LogP contribution in [0, 0.1) is 11.3 Å². The summed E-state index contributed by atoms with van der Waals surface area (Å²) in [5.41, 5.74) is 0.327. The molecule has 1 aromatic rings. The van der Waals surface area contributed by atoms with Crippen molar-refractivity contribution < 1.29 is 19.1 Å². The standard InChI is InChI=1S/C20H28O4/c1-5-13-23-14-17(20(4,6-2)7-3)15-24-19(22)18(21)16-11-9-8-10-12-16/h5,8-12,17H,1,6-7,13-15H2,2-4H3. The van der Waals surface area contributed by atoms with E-state index in [1.807, 2.05) is 0 Å². The van der Waals surface area contributed by atoms with E-state index in [1.165, 1.54) is 0 Å². The zero-order valence-electron chi connectivity index (χ0n) is 14.9. The average molecular weight is 332 g/mol. The van der Waals surface area contributed by atoms with Gasteiger partial charge in [0, 0.05) is 11.5 Å². The highest BCUT2D eigenvalue weighted by molar-refractivity contribution is 6.40. The summed E-state index contributed by atoms with van der Waals surface area (Å²) in [6.07, 6.45) is 3.57. The molecular weight excluding hydrogens is 304 g/mol. The molecule has 1 atom stereocenters. The Morgan fingerprint density at radius 3 is 2.33 bits per heavy atom. The van der Waals surface area contributed by atoms with Gasteiger partial charge in [0.25, 0.3) is 5.78 Å². The summed E-state index contributed by atoms with van der Waals surface area (Å²) in [6.45, 7) is 11.1. The minimum absolute atomic E-state index is 0.0166. The second kappa shape index (κ2) is 10.0. The van der Waals surface area contributed by atoms with Gasteiger partial charge < -0.3 is 9.47 Å². The lowest BCUT2D eigenvalue weighted by atomic mass is 9.73. The summed E-state index contributed by atoms with van der Waals surface area (Å²) < 4.78 is 10.9. The van der Waals surface area contributed by atoms with E-state index < -0.39 is 11.8 Å². The van der Waals surface area contributed by atoms with Crippen molar-refractivity contribution in [3.63, 3.8) is 0 Å². The molecule has 0 amide bonds. The van der Waals surface area contributed by atoms with Crippen LogP contribution in [0.1, 0.15) is 44.0 Å². The minimum Gasteiger partial charge on any atom is -0.459 e. The van der Waals surface area contributed by atoms with Crippen LogP contribution < -0.4 is 0 Å². The predicted molar refractivity (Wildman–Crippen MR) is 94.9 cm³/mol. The molecule has 0 fully saturated rings. The van der Waals surface area contributed by atoms with Gasteiger partial charge in [-0.1, -0.05) is 70.0 Å². The Balaban J connectivity index is 2.70. The van der Waals surface area contributed by atoms with Gasteiger partial charge in [0.2, 0.25) is 0 Å². The summed E-state index contributed by atoms with van der Waals surface area (Å²) in [6, 6.07) is 8.45. The molecule has 0 aliphatic rings. The first kappa shape index (κ1) is 20.1. The number of hydrogen-bond acceptors (Lipinski definition) is 4. The van der Waals surface area contributed by atoms with Crippen molar-refractivity contribution in [2.75, 3.05) is 19.8 Å². The lowest BCUT2D eigenvalue weighted by Gasteiger charge is -2.35. The van der Waals surface area contributed by atoms with Crippen molar-refractivity contribution >= 4 is 11.8 Å². The molecule has 0 aromatic heterocycles. The van der Waals surface area contributed by atoms with Crippen LogP contribution in [0.4, 0.5) is 0 Å². The fourth-order valence-electron chi connectivity index (χ4n) is 2.52. The lowest BCUT2D eigenvalue weighted by molar-refractivity contribution is -0.142. The highest BCUT2D eigenvalue weighted by atomic mass is 16.5. The van der Waals surface area contributed by atoms with E-state index in [-0.39, 0.29) is 17.9 Å². The summed E-state index contributed by atoms with van der Waals surface area (Å²) in [5.74, 6) is -1.40. The van der Waals surface area contributed by atoms with E-state index in [0.29, 0.717) is 18.8 Å². The highest BCUT2D eigenvalue weighted by Crippen LogP contribution is 2.35. The number of hydrogen-bond donors (Lipinski definition) is 0. The smallest absolute Gasteiger partial charge is 0.379 e. The van der Waals surface area contributed by atoms with Gasteiger partial charge >= 0.3 is 5.97 Å². The van der Waals surface area contributed by atoms with Gasteiger partial charge in [-0.25, -0.2) is 4.79 Å². The van der Waals surface area contributed by atoms with E-state index in [0.717, 1.165) is 12.8 Å². The van der Waals surface area contributed by atoms with Crippen molar-refractivity contribution in [2.45, 2.75) is 33.6 Å².